The summed E-state index contributed by atoms with van der Waals surface area (Å²) in [5.74, 6) is 0. The van der Waals surface area contributed by atoms with E-state index in [1.807, 2.05) is 44.7 Å². The van der Waals surface area contributed by atoms with Crippen molar-refractivity contribution in [1.29, 1.82) is 0 Å². The molecule has 2 aromatic rings. The lowest BCUT2D eigenvalue weighted by Gasteiger charge is -2.36. The Balaban J connectivity index is 1.74. The Morgan fingerprint density at radius 2 is 1.74 bits per heavy atom. The van der Waals surface area contributed by atoms with Crippen molar-refractivity contribution in [3.63, 3.8) is 0 Å². The molecule has 0 radical (unpaired) electrons. The highest BCUT2D eigenvalue weighted by molar-refractivity contribution is 7.92. The van der Waals surface area contributed by atoms with Crippen molar-refractivity contribution in [2.45, 2.75) is 89.4 Å². The SMILES string of the molecule is CCCN(C(=O)OC(C)(C)C)[C@H]1CCc2cc(NS(=O)(=O)c3ccc(C(C)(C)F)cc3)ccc2C1. The van der Waals surface area contributed by atoms with Crippen LogP contribution in [0.3, 0.4) is 0 Å². The molecule has 35 heavy (non-hydrogen) atoms. The normalized spacial score (nSPS) is 16.4. The summed E-state index contributed by atoms with van der Waals surface area (Å²) in [7, 11) is -3.80. The maximum atomic E-state index is 14.1. The van der Waals surface area contributed by atoms with Crippen molar-refractivity contribution in [2.75, 3.05) is 11.3 Å². The van der Waals surface area contributed by atoms with Crippen LogP contribution < -0.4 is 4.72 Å². The Morgan fingerprint density at radius 1 is 1.09 bits per heavy atom. The molecule has 0 fully saturated rings. The number of hydrogen-bond donors (Lipinski definition) is 1. The van der Waals surface area contributed by atoms with Gasteiger partial charge in [0, 0.05) is 18.3 Å². The number of nitrogens with one attached hydrogen (secondary N) is 1. The summed E-state index contributed by atoms with van der Waals surface area (Å²) >= 11 is 0. The molecular weight excluding hydrogens is 467 g/mol. The molecule has 192 valence electrons. The predicted molar refractivity (Wildman–Crippen MR) is 137 cm³/mol. The smallest absolute Gasteiger partial charge is 0.410 e. The van der Waals surface area contributed by atoms with Gasteiger partial charge in [0.25, 0.3) is 10.0 Å². The van der Waals surface area contributed by atoms with Gasteiger partial charge in [-0.2, -0.15) is 0 Å². The number of carbonyl (C=O) groups excluding carboxylic acids is 1. The second-order valence-corrected chi connectivity index (χ2v) is 12.3. The fraction of sp³-hybridized carbons (Fsp3) is 0.519. The third-order valence-corrected chi connectivity index (χ3v) is 7.44. The maximum absolute atomic E-state index is 14.1. The first-order valence-corrected chi connectivity index (χ1v) is 13.6. The first-order chi connectivity index (χ1) is 16.2. The minimum absolute atomic E-state index is 0.0399. The summed E-state index contributed by atoms with van der Waals surface area (Å²) in [6.45, 7) is 11.1. The lowest BCUT2D eigenvalue weighted by Crippen LogP contribution is -2.46. The summed E-state index contributed by atoms with van der Waals surface area (Å²) in [6, 6.07) is 11.4. The largest absolute Gasteiger partial charge is 0.444 e. The Hall–Kier alpha value is -2.61. The van der Waals surface area contributed by atoms with Gasteiger partial charge in [-0.1, -0.05) is 25.1 Å². The van der Waals surface area contributed by atoms with Crippen LogP contribution in [-0.2, 0) is 33.3 Å². The van der Waals surface area contributed by atoms with Crippen LogP contribution in [0.15, 0.2) is 47.4 Å². The van der Waals surface area contributed by atoms with E-state index in [1.54, 1.807) is 6.07 Å². The molecule has 2 aromatic carbocycles. The number of alkyl halides is 1. The number of carbonyl (C=O) groups is 1. The zero-order valence-corrected chi connectivity index (χ0v) is 22.3. The highest BCUT2D eigenvalue weighted by Gasteiger charge is 2.31. The summed E-state index contributed by atoms with van der Waals surface area (Å²) in [6.07, 6.45) is 2.76. The van der Waals surface area contributed by atoms with E-state index >= 15 is 0 Å². The zero-order valence-electron chi connectivity index (χ0n) is 21.5. The van der Waals surface area contributed by atoms with Crippen molar-refractivity contribution in [2.24, 2.45) is 0 Å². The molecule has 1 aliphatic carbocycles. The number of amides is 1. The molecule has 1 N–H and O–H groups in total. The minimum atomic E-state index is -3.80. The number of aryl methyl sites for hydroxylation is 1. The summed E-state index contributed by atoms with van der Waals surface area (Å²) in [5.41, 5.74) is 0.977. The van der Waals surface area contributed by atoms with Crippen LogP contribution in [-0.4, -0.2) is 37.6 Å². The number of ether oxygens (including phenoxy) is 1. The molecule has 6 nitrogen and oxygen atoms in total. The number of anilines is 1. The van der Waals surface area contributed by atoms with Gasteiger partial charge in [-0.3, -0.25) is 4.72 Å². The zero-order chi connectivity index (χ0) is 26.0. The second-order valence-electron chi connectivity index (χ2n) is 10.7. The monoisotopic (exact) mass is 504 g/mol. The third-order valence-electron chi connectivity index (χ3n) is 6.05. The highest BCUT2D eigenvalue weighted by atomic mass is 32.2. The van der Waals surface area contributed by atoms with Crippen molar-refractivity contribution < 1.29 is 22.3 Å². The number of rotatable bonds is 7. The predicted octanol–water partition coefficient (Wildman–Crippen LogP) is 6.20. The standard InChI is InChI=1S/C27H37FN2O4S/c1-7-16-30(25(31)34-26(2,3)4)23-13-9-19-17-22(12-8-20(19)18-23)29-35(32,33)24-14-10-21(11-15-24)27(5,6)28/h8,10-12,14-15,17,23,29H,7,9,13,16,18H2,1-6H3/t23-/m0/s1. The molecule has 0 unspecified atom stereocenters. The number of halogens is 1. The van der Waals surface area contributed by atoms with Crippen molar-refractivity contribution in [3.8, 4) is 0 Å². The van der Waals surface area contributed by atoms with Gasteiger partial charge >= 0.3 is 6.09 Å². The van der Waals surface area contributed by atoms with Gasteiger partial charge in [0.05, 0.1) is 4.90 Å². The maximum Gasteiger partial charge on any atom is 0.410 e. The lowest BCUT2D eigenvalue weighted by atomic mass is 9.87. The Labute approximate surface area is 208 Å². The summed E-state index contributed by atoms with van der Waals surface area (Å²) in [4.78, 5) is 14.7. The molecule has 8 heteroatoms. The minimum Gasteiger partial charge on any atom is -0.444 e. The van der Waals surface area contributed by atoms with E-state index in [-0.39, 0.29) is 17.0 Å². The number of benzene rings is 2. The molecule has 1 amide bonds. The van der Waals surface area contributed by atoms with E-state index in [0.717, 1.165) is 30.4 Å². The Bertz CT molecular complexity index is 1150. The van der Waals surface area contributed by atoms with Gasteiger partial charge in [-0.05, 0) is 101 Å². The average Bonchev–Trinajstić information content (AvgIpc) is 2.75. The summed E-state index contributed by atoms with van der Waals surface area (Å²) < 4.78 is 48.1. The molecule has 0 aromatic heterocycles. The van der Waals surface area contributed by atoms with Crippen molar-refractivity contribution in [3.05, 3.63) is 59.2 Å². The molecule has 0 bridgehead atoms. The number of sulfonamides is 1. The molecule has 0 saturated heterocycles. The molecule has 0 heterocycles. The van der Waals surface area contributed by atoms with Crippen LogP contribution in [0.25, 0.3) is 0 Å². The molecule has 0 aliphatic heterocycles. The third kappa shape index (κ3) is 6.97. The first kappa shape index (κ1) is 27.0. The number of nitrogens with zero attached hydrogens (tertiary/aromatic N) is 1. The van der Waals surface area contributed by atoms with Gasteiger partial charge in [-0.25, -0.2) is 17.6 Å². The molecule has 3 rings (SSSR count). The molecule has 1 atom stereocenters. The Kier molecular flexibility index (Phi) is 7.84. The summed E-state index contributed by atoms with van der Waals surface area (Å²) in [5, 5.41) is 0. The van der Waals surface area contributed by atoms with Gasteiger partial charge in [0.15, 0.2) is 0 Å². The van der Waals surface area contributed by atoms with Crippen LogP contribution >= 0.6 is 0 Å². The van der Waals surface area contributed by atoms with E-state index in [1.165, 1.54) is 38.1 Å². The van der Waals surface area contributed by atoms with E-state index in [4.69, 9.17) is 4.74 Å². The van der Waals surface area contributed by atoms with Crippen LogP contribution in [0.4, 0.5) is 14.9 Å². The Morgan fingerprint density at radius 3 is 2.31 bits per heavy atom. The fourth-order valence-corrected chi connectivity index (χ4v) is 5.34. The first-order valence-electron chi connectivity index (χ1n) is 12.1. The van der Waals surface area contributed by atoms with Crippen molar-refractivity contribution >= 4 is 21.8 Å². The van der Waals surface area contributed by atoms with Gasteiger partial charge in [0.1, 0.15) is 11.3 Å². The van der Waals surface area contributed by atoms with E-state index in [9.17, 15) is 17.6 Å². The number of fused-ring (bicyclic) bond motifs is 1. The second kappa shape index (κ2) is 10.2. The van der Waals surface area contributed by atoms with Crippen LogP contribution in [0.2, 0.25) is 0 Å². The quantitative estimate of drug-likeness (QED) is 0.487. The fourth-order valence-electron chi connectivity index (χ4n) is 4.29. The van der Waals surface area contributed by atoms with Gasteiger partial charge in [-0.15, -0.1) is 0 Å². The molecule has 0 saturated carbocycles. The lowest BCUT2D eigenvalue weighted by molar-refractivity contribution is 0.0146. The van der Waals surface area contributed by atoms with Crippen LogP contribution in [0.1, 0.15) is 71.1 Å². The van der Waals surface area contributed by atoms with E-state index < -0.39 is 21.3 Å². The van der Waals surface area contributed by atoms with Crippen LogP contribution in [0, 0.1) is 0 Å². The van der Waals surface area contributed by atoms with Gasteiger partial charge < -0.3 is 9.64 Å². The van der Waals surface area contributed by atoms with Crippen LogP contribution in [0.5, 0.6) is 0 Å². The molecule has 1 aliphatic rings. The topological polar surface area (TPSA) is 75.7 Å². The average molecular weight is 505 g/mol. The molecule has 0 spiro atoms. The van der Waals surface area contributed by atoms with Crippen molar-refractivity contribution in [1.82, 2.24) is 4.90 Å². The van der Waals surface area contributed by atoms with E-state index in [2.05, 4.69) is 4.72 Å². The van der Waals surface area contributed by atoms with Gasteiger partial charge in [0.2, 0.25) is 0 Å². The van der Waals surface area contributed by atoms with E-state index in [0.29, 0.717) is 24.2 Å². The molecular formula is C27H37FN2O4S. The highest BCUT2D eigenvalue weighted by Crippen LogP contribution is 2.30. The number of hydrogen-bond acceptors (Lipinski definition) is 4.